The second-order valence-corrected chi connectivity index (χ2v) is 5.41. The molecule has 1 aromatic carbocycles. The first kappa shape index (κ1) is 15.3. The van der Waals surface area contributed by atoms with Gasteiger partial charge in [0.15, 0.2) is 11.6 Å². The molecule has 4 nitrogen and oxygen atoms in total. The van der Waals surface area contributed by atoms with Crippen LogP contribution in [-0.4, -0.2) is 23.1 Å². The van der Waals surface area contributed by atoms with E-state index in [-0.39, 0.29) is 6.10 Å². The van der Waals surface area contributed by atoms with Crippen LogP contribution in [0.4, 0.5) is 11.5 Å². The number of aromatic nitrogens is 1. The molecular formula is C16H19N3OS. The van der Waals surface area contributed by atoms with Crippen LogP contribution in [-0.2, 0) is 0 Å². The zero-order valence-electron chi connectivity index (χ0n) is 12.4. The van der Waals surface area contributed by atoms with Crippen molar-refractivity contribution in [3.63, 3.8) is 0 Å². The number of nitrogens with zero attached hydrogens (tertiary/aromatic N) is 2. The van der Waals surface area contributed by atoms with E-state index in [1.54, 1.807) is 6.20 Å². The Kier molecular flexibility index (Phi) is 4.75. The average molecular weight is 301 g/mol. The molecule has 0 amide bonds. The fraction of sp³-hybridized carbons (Fsp3) is 0.250. The zero-order chi connectivity index (χ0) is 15.4. The molecule has 0 saturated carbocycles. The molecule has 0 spiro atoms. The minimum Gasteiger partial charge on any atom is -0.487 e. The summed E-state index contributed by atoms with van der Waals surface area (Å²) in [5, 5.41) is 0. The van der Waals surface area contributed by atoms with E-state index in [0.29, 0.717) is 4.99 Å². The molecule has 110 valence electrons. The Hall–Kier alpha value is -2.14. The molecule has 1 heterocycles. The van der Waals surface area contributed by atoms with Crippen molar-refractivity contribution in [3.05, 3.63) is 48.2 Å². The monoisotopic (exact) mass is 301 g/mol. The van der Waals surface area contributed by atoms with Gasteiger partial charge in [-0.25, -0.2) is 4.98 Å². The van der Waals surface area contributed by atoms with E-state index in [2.05, 4.69) is 4.98 Å². The van der Waals surface area contributed by atoms with Crippen LogP contribution < -0.4 is 15.4 Å². The fourth-order valence-corrected chi connectivity index (χ4v) is 2.10. The first-order valence-corrected chi connectivity index (χ1v) is 7.15. The van der Waals surface area contributed by atoms with Crippen molar-refractivity contribution in [2.75, 3.05) is 11.9 Å². The number of hydrogen-bond acceptors (Lipinski definition) is 4. The van der Waals surface area contributed by atoms with Gasteiger partial charge in [0, 0.05) is 24.5 Å². The second-order valence-electron chi connectivity index (χ2n) is 4.97. The molecule has 0 saturated heterocycles. The minimum atomic E-state index is 0.0873. The van der Waals surface area contributed by atoms with Crippen molar-refractivity contribution < 1.29 is 4.74 Å². The van der Waals surface area contributed by atoms with Crippen LogP contribution in [0.5, 0.6) is 5.75 Å². The molecule has 0 atom stereocenters. The van der Waals surface area contributed by atoms with Crippen molar-refractivity contribution in [1.29, 1.82) is 0 Å². The Balaban J connectivity index is 2.38. The molecule has 0 fully saturated rings. The molecule has 0 unspecified atom stereocenters. The van der Waals surface area contributed by atoms with Crippen LogP contribution >= 0.6 is 12.2 Å². The van der Waals surface area contributed by atoms with Crippen LogP contribution in [0, 0.1) is 0 Å². The third-order valence-electron chi connectivity index (χ3n) is 2.95. The van der Waals surface area contributed by atoms with E-state index < -0.39 is 0 Å². The Morgan fingerprint density at radius 3 is 2.71 bits per heavy atom. The molecule has 0 aliphatic carbocycles. The minimum absolute atomic E-state index is 0.0873. The second kappa shape index (κ2) is 6.54. The van der Waals surface area contributed by atoms with Crippen LogP contribution in [0.1, 0.15) is 19.4 Å². The van der Waals surface area contributed by atoms with E-state index in [1.807, 2.05) is 62.2 Å². The van der Waals surface area contributed by atoms with Crippen molar-refractivity contribution >= 4 is 28.7 Å². The lowest BCUT2D eigenvalue weighted by molar-refractivity contribution is 0.242. The van der Waals surface area contributed by atoms with Crippen LogP contribution in [0.15, 0.2) is 42.6 Å². The highest BCUT2D eigenvalue weighted by Crippen LogP contribution is 2.31. The number of thiocarbonyl (C=S) groups is 1. The molecule has 0 aliphatic heterocycles. The zero-order valence-corrected chi connectivity index (χ0v) is 13.2. The molecule has 5 heteroatoms. The molecular weight excluding hydrogens is 282 g/mol. The van der Waals surface area contributed by atoms with Gasteiger partial charge >= 0.3 is 0 Å². The van der Waals surface area contributed by atoms with Gasteiger partial charge in [0.1, 0.15) is 4.99 Å². The van der Waals surface area contributed by atoms with E-state index >= 15 is 0 Å². The topological polar surface area (TPSA) is 51.4 Å². The SMILES string of the molecule is CC(C)Oc1cccnc1N(C)c1cccc(C(N)=S)c1. The van der Waals surface area contributed by atoms with Crippen LogP contribution in [0.25, 0.3) is 0 Å². The van der Waals surface area contributed by atoms with Gasteiger partial charge in [0.05, 0.1) is 6.10 Å². The summed E-state index contributed by atoms with van der Waals surface area (Å²) in [5.74, 6) is 1.50. The summed E-state index contributed by atoms with van der Waals surface area (Å²) in [6.07, 6.45) is 1.83. The molecule has 0 radical (unpaired) electrons. The standard InChI is InChI=1S/C16H19N3OS/c1-11(2)20-14-8-5-9-18-16(14)19(3)13-7-4-6-12(10-13)15(17)21/h4-11H,1-3H3,(H2,17,21). The van der Waals surface area contributed by atoms with Gasteiger partial charge in [0.25, 0.3) is 0 Å². The molecule has 21 heavy (non-hydrogen) atoms. The summed E-state index contributed by atoms with van der Waals surface area (Å²) >= 11 is 5.03. The highest BCUT2D eigenvalue weighted by molar-refractivity contribution is 7.80. The summed E-state index contributed by atoms with van der Waals surface area (Å²) in [6, 6.07) is 11.5. The molecule has 0 aliphatic rings. The Labute approximate surface area is 130 Å². The van der Waals surface area contributed by atoms with E-state index in [4.69, 9.17) is 22.7 Å². The van der Waals surface area contributed by atoms with Crippen molar-refractivity contribution in [2.45, 2.75) is 20.0 Å². The molecule has 2 N–H and O–H groups in total. The number of pyridine rings is 1. The number of ether oxygens (including phenoxy) is 1. The summed E-state index contributed by atoms with van der Waals surface area (Å²) < 4.78 is 5.81. The van der Waals surface area contributed by atoms with Crippen LogP contribution in [0.3, 0.4) is 0 Å². The fourth-order valence-electron chi connectivity index (χ4n) is 1.97. The van der Waals surface area contributed by atoms with Crippen molar-refractivity contribution in [2.24, 2.45) is 5.73 Å². The van der Waals surface area contributed by atoms with Crippen molar-refractivity contribution in [3.8, 4) is 5.75 Å². The summed E-state index contributed by atoms with van der Waals surface area (Å²) in [6.45, 7) is 3.98. The van der Waals surface area contributed by atoms with Crippen LogP contribution in [0.2, 0.25) is 0 Å². The average Bonchev–Trinajstić information content (AvgIpc) is 2.46. The lowest BCUT2D eigenvalue weighted by atomic mass is 10.2. The number of hydrogen-bond donors (Lipinski definition) is 1. The number of benzene rings is 1. The molecule has 1 aromatic heterocycles. The third kappa shape index (κ3) is 3.70. The van der Waals surface area contributed by atoms with Gasteiger partial charge in [-0.15, -0.1) is 0 Å². The normalized spacial score (nSPS) is 10.5. The van der Waals surface area contributed by atoms with Gasteiger partial charge < -0.3 is 15.4 Å². The lowest BCUT2D eigenvalue weighted by Crippen LogP contribution is -2.16. The smallest absolute Gasteiger partial charge is 0.175 e. The van der Waals surface area contributed by atoms with Gasteiger partial charge in [-0.1, -0.05) is 24.4 Å². The Morgan fingerprint density at radius 1 is 1.29 bits per heavy atom. The Bertz CT molecular complexity index is 643. The summed E-state index contributed by atoms with van der Waals surface area (Å²) in [5.41, 5.74) is 7.47. The molecule has 0 bridgehead atoms. The first-order chi connectivity index (χ1) is 9.99. The van der Waals surface area contributed by atoms with E-state index in [9.17, 15) is 0 Å². The number of rotatable bonds is 5. The number of anilines is 2. The maximum atomic E-state index is 5.81. The third-order valence-corrected chi connectivity index (χ3v) is 3.18. The lowest BCUT2D eigenvalue weighted by Gasteiger charge is -2.22. The van der Waals surface area contributed by atoms with E-state index in [0.717, 1.165) is 22.8 Å². The van der Waals surface area contributed by atoms with Crippen molar-refractivity contribution in [1.82, 2.24) is 4.98 Å². The Morgan fingerprint density at radius 2 is 2.05 bits per heavy atom. The van der Waals surface area contributed by atoms with Gasteiger partial charge in [-0.05, 0) is 38.1 Å². The highest BCUT2D eigenvalue weighted by Gasteiger charge is 2.13. The van der Waals surface area contributed by atoms with Gasteiger partial charge in [-0.2, -0.15) is 0 Å². The summed E-state index contributed by atoms with van der Waals surface area (Å²) in [4.78, 5) is 6.76. The largest absolute Gasteiger partial charge is 0.487 e. The number of nitrogens with two attached hydrogens (primary N) is 1. The maximum absolute atomic E-state index is 5.81. The molecule has 2 rings (SSSR count). The predicted octanol–water partition coefficient (Wildman–Crippen LogP) is 3.27. The predicted molar refractivity (Wildman–Crippen MR) is 90.4 cm³/mol. The summed E-state index contributed by atoms with van der Waals surface area (Å²) in [7, 11) is 1.94. The van der Waals surface area contributed by atoms with E-state index in [1.165, 1.54) is 0 Å². The first-order valence-electron chi connectivity index (χ1n) is 6.74. The molecule has 2 aromatic rings. The highest BCUT2D eigenvalue weighted by atomic mass is 32.1. The maximum Gasteiger partial charge on any atom is 0.175 e. The van der Waals surface area contributed by atoms with Gasteiger partial charge in [-0.3, -0.25) is 0 Å². The van der Waals surface area contributed by atoms with Gasteiger partial charge in [0.2, 0.25) is 0 Å². The quantitative estimate of drug-likeness (QED) is 0.859.